The third-order valence-electron chi connectivity index (χ3n) is 3.02. The van der Waals surface area contributed by atoms with Gasteiger partial charge in [0.15, 0.2) is 0 Å². The van der Waals surface area contributed by atoms with E-state index in [4.69, 9.17) is 10.2 Å². The highest BCUT2D eigenvalue weighted by atomic mass is 16.3. The van der Waals surface area contributed by atoms with E-state index in [2.05, 4.69) is 5.32 Å². The molecule has 0 fully saturated rings. The number of hydrogen-bond donors (Lipinski definition) is 2. The molecule has 4 nitrogen and oxygen atoms in total. The molecule has 1 amide bonds. The molecule has 0 spiro atoms. The van der Waals surface area contributed by atoms with Crippen molar-refractivity contribution in [1.29, 1.82) is 0 Å². The first-order chi connectivity index (χ1) is 9.22. The van der Waals surface area contributed by atoms with E-state index in [0.29, 0.717) is 12.2 Å². The molecular formula is C15H18N2O2. The van der Waals surface area contributed by atoms with Crippen LogP contribution in [0.5, 0.6) is 0 Å². The fraction of sp³-hybridized carbons (Fsp3) is 0.267. The second kappa shape index (κ2) is 6.20. The molecule has 0 bridgehead atoms. The normalized spacial score (nSPS) is 13.8. The van der Waals surface area contributed by atoms with E-state index in [9.17, 15) is 4.79 Å². The molecule has 1 unspecified atom stereocenters. The fourth-order valence-corrected chi connectivity index (χ4v) is 1.85. The number of nitrogens with one attached hydrogen (secondary N) is 1. The van der Waals surface area contributed by atoms with Crippen LogP contribution in [0.1, 0.15) is 30.7 Å². The van der Waals surface area contributed by atoms with Crippen molar-refractivity contribution in [2.75, 3.05) is 0 Å². The van der Waals surface area contributed by atoms with Crippen LogP contribution in [0.25, 0.3) is 0 Å². The van der Waals surface area contributed by atoms with E-state index >= 15 is 0 Å². The van der Waals surface area contributed by atoms with Crippen molar-refractivity contribution in [2.24, 2.45) is 5.73 Å². The zero-order valence-electron chi connectivity index (χ0n) is 10.9. The van der Waals surface area contributed by atoms with E-state index in [1.54, 1.807) is 12.3 Å². The molecule has 100 valence electrons. The third-order valence-corrected chi connectivity index (χ3v) is 3.02. The summed E-state index contributed by atoms with van der Waals surface area (Å²) in [6.45, 7) is 1.88. The first-order valence-electron chi connectivity index (χ1n) is 6.36. The van der Waals surface area contributed by atoms with Crippen molar-refractivity contribution < 1.29 is 9.21 Å². The number of furan rings is 1. The van der Waals surface area contributed by atoms with E-state index in [-0.39, 0.29) is 11.9 Å². The van der Waals surface area contributed by atoms with Gasteiger partial charge in [0.25, 0.3) is 0 Å². The van der Waals surface area contributed by atoms with Crippen molar-refractivity contribution >= 4 is 5.91 Å². The summed E-state index contributed by atoms with van der Waals surface area (Å²) in [4.78, 5) is 12.0. The van der Waals surface area contributed by atoms with Crippen molar-refractivity contribution in [1.82, 2.24) is 5.32 Å². The van der Waals surface area contributed by atoms with Crippen LogP contribution < -0.4 is 11.1 Å². The Kier molecular flexibility index (Phi) is 4.36. The molecule has 19 heavy (non-hydrogen) atoms. The summed E-state index contributed by atoms with van der Waals surface area (Å²) >= 11 is 0. The molecule has 1 heterocycles. The second-order valence-corrected chi connectivity index (χ2v) is 4.38. The molecule has 2 atom stereocenters. The van der Waals surface area contributed by atoms with Crippen LogP contribution in [0, 0.1) is 0 Å². The Morgan fingerprint density at radius 1 is 1.26 bits per heavy atom. The molecule has 3 N–H and O–H groups in total. The minimum absolute atomic E-state index is 0.173. The summed E-state index contributed by atoms with van der Waals surface area (Å²) in [5.74, 6) is 0.524. The maximum absolute atomic E-state index is 12.0. The van der Waals surface area contributed by atoms with Gasteiger partial charge in [0, 0.05) is 0 Å². The van der Waals surface area contributed by atoms with Crippen LogP contribution in [-0.2, 0) is 4.79 Å². The Bertz CT molecular complexity index is 508. The van der Waals surface area contributed by atoms with Gasteiger partial charge in [-0.1, -0.05) is 37.3 Å². The SMILES string of the molecule is CC[C@@H](N)C(=O)NC(c1ccccc1)c1ccco1. The van der Waals surface area contributed by atoms with Crippen molar-refractivity contribution in [2.45, 2.75) is 25.4 Å². The zero-order chi connectivity index (χ0) is 13.7. The molecule has 2 rings (SSSR count). The summed E-state index contributed by atoms with van der Waals surface area (Å²) in [5, 5.41) is 2.93. The summed E-state index contributed by atoms with van der Waals surface area (Å²) in [5.41, 5.74) is 6.72. The lowest BCUT2D eigenvalue weighted by atomic mass is 10.0. The third kappa shape index (κ3) is 3.23. The quantitative estimate of drug-likeness (QED) is 0.864. The Hall–Kier alpha value is -2.07. The standard InChI is InChI=1S/C15H18N2O2/c1-2-12(16)15(18)17-14(13-9-6-10-19-13)11-7-4-3-5-8-11/h3-10,12,14H,2,16H2,1H3,(H,17,18)/t12-,14?/m1/s1. The largest absolute Gasteiger partial charge is 0.467 e. The minimum atomic E-state index is -0.499. The van der Waals surface area contributed by atoms with E-state index in [0.717, 1.165) is 5.56 Å². The van der Waals surface area contributed by atoms with Gasteiger partial charge in [0.2, 0.25) is 5.91 Å². The highest BCUT2D eigenvalue weighted by molar-refractivity contribution is 5.82. The molecular weight excluding hydrogens is 240 g/mol. The van der Waals surface area contributed by atoms with Crippen LogP contribution in [-0.4, -0.2) is 11.9 Å². The topological polar surface area (TPSA) is 68.3 Å². The number of carbonyl (C=O) groups is 1. The van der Waals surface area contributed by atoms with E-state index in [1.165, 1.54) is 0 Å². The molecule has 2 aromatic rings. The molecule has 4 heteroatoms. The van der Waals surface area contributed by atoms with Gasteiger partial charge in [-0.3, -0.25) is 4.79 Å². The Labute approximate surface area is 112 Å². The molecule has 0 saturated carbocycles. The Morgan fingerprint density at radius 3 is 2.58 bits per heavy atom. The summed E-state index contributed by atoms with van der Waals surface area (Å²) in [7, 11) is 0. The van der Waals surface area contributed by atoms with Gasteiger partial charge in [-0.15, -0.1) is 0 Å². The number of rotatable bonds is 5. The first-order valence-corrected chi connectivity index (χ1v) is 6.36. The number of benzene rings is 1. The van der Waals surface area contributed by atoms with Gasteiger partial charge in [-0.2, -0.15) is 0 Å². The molecule has 1 aromatic heterocycles. The molecule has 0 aliphatic carbocycles. The van der Waals surface area contributed by atoms with Gasteiger partial charge >= 0.3 is 0 Å². The number of nitrogens with two attached hydrogens (primary N) is 1. The Balaban J connectivity index is 2.24. The lowest BCUT2D eigenvalue weighted by molar-refractivity contribution is -0.123. The summed E-state index contributed by atoms with van der Waals surface area (Å²) in [6.07, 6.45) is 2.20. The summed E-state index contributed by atoms with van der Waals surface area (Å²) < 4.78 is 5.41. The van der Waals surface area contributed by atoms with Gasteiger partial charge < -0.3 is 15.5 Å². The Morgan fingerprint density at radius 2 is 2.00 bits per heavy atom. The van der Waals surface area contributed by atoms with Crippen LogP contribution >= 0.6 is 0 Å². The lowest BCUT2D eigenvalue weighted by Crippen LogP contribution is -2.42. The van der Waals surface area contributed by atoms with Crippen LogP contribution in [0.3, 0.4) is 0 Å². The smallest absolute Gasteiger partial charge is 0.237 e. The fourth-order valence-electron chi connectivity index (χ4n) is 1.85. The predicted molar refractivity (Wildman–Crippen MR) is 73.4 cm³/mol. The summed E-state index contributed by atoms with van der Waals surface area (Å²) in [6, 6.07) is 12.5. The van der Waals surface area contributed by atoms with Crippen molar-refractivity contribution in [3.63, 3.8) is 0 Å². The van der Waals surface area contributed by atoms with Crippen LogP contribution in [0.2, 0.25) is 0 Å². The average Bonchev–Trinajstić information content (AvgIpc) is 2.98. The molecule has 0 radical (unpaired) electrons. The molecule has 0 aliphatic rings. The van der Waals surface area contributed by atoms with Crippen LogP contribution in [0.4, 0.5) is 0 Å². The lowest BCUT2D eigenvalue weighted by Gasteiger charge is -2.19. The minimum Gasteiger partial charge on any atom is -0.467 e. The highest BCUT2D eigenvalue weighted by Gasteiger charge is 2.21. The maximum Gasteiger partial charge on any atom is 0.237 e. The van der Waals surface area contributed by atoms with Crippen molar-refractivity contribution in [3.8, 4) is 0 Å². The number of carbonyl (C=O) groups excluding carboxylic acids is 1. The average molecular weight is 258 g/mol. The van der Waals surface area contributed by atoms with E-state index in [1.807, 2.05) is 43.3 Å². The molecule has 0 saturated heterocycles. The van der Waals surface area contributed by atoms with Gasteiger partial charge in [-0.25, -0.2) is 0 Å². The highest BCUT2D eigenvalue weighted by Crippen LogP contribution is 2.22. The predicted octanol–water partition coefficient (Wildman–Crippen LogP) is 2.22. The first kappa shape index (κ1) is 13.4. The van der Waals surface area contributed by atoms with Gasteiger partial charge in [-0.05, 0) is 24.1 Å². The zero-order valence-corrected chi connectivity index (χ0v) is 10.9. The monoisotopic (exact) mass is 258 g/mol. The van der Waals surface area contributed by atoms with E-state index < -0.39 is 6.04 Å². The maximum atomic E-state index is 12.0. The number of hydrogen-bond acceptors (Lipinski definition) is 3. The molecule has 0 aliphatic heterocycles. The molecule has 1 aromatic carbocycles. The number of amides is 1. The van der Waals surface area contributed by atoms with Gasteiger partial charge in [0.05, 0.1) is 12.3 Å². The second-order valence-electron chi connectivity index (χ2n) is 4.38. The van der Waals surface area contributed by atoms with Gasteiger partial charge in [0.1, 0.15) is 11.8 Å². The van der Waals surface area contributed by atoms with Crippen LogP contribution in [0.15, 0.2) is 53.1 Å². The van der Waals surface area contributed by atoms with Crippen molar-refractivity contribution in [3.05, 3.63) is 60.1 Å².